The molecule has 13 heavy (non-hydrogen) atoms. The van der Waals surface area contributed by atoms with Crippen molar-refractivity contribution >= 4 is 29.5 Å². The zero-order valence-electron chi connectivity index (χ0n) is 6.65. The van der Waals surface area contributed by atoms with E-state index in [4.69, 9.17) is 4.42 Å². The smallest absolute Gasteiger partial charge is 0.360 e. The molecule has 0 aliphatic carbocycles. The largest absolute Gasteiger partial charge is 0.421 e. The van der Waals surface area contributed by atoms with Gasteiger partial charge in [-0.2, -0.15) is 0 Å². The standard InChI is InChI=1S/C9H7NO2S/c11-9-7(10-13)5-6-3-1-2-4-8(6)12-9/h1-5,10,13H. The highest BCUT2D eigenvalue weighted by atomic mass is 32.1. The Morgan fingerprint density at radius 1 is 1.31 bits per heavy atom. The Morgan fingerprint density at radius 3 is 2.85 bits per heavy atom. The average molecular weight is 193 g/mol. The van der Waals surface area contributed by atoms with Crippen LogP contribution in [-0.2, 0) is 0 Å². The van der Waals surface area contributed by atoms with E-state index >= 15 is 0 Å². The molecule has 2 rings (SSSR count). The van der Waals surface area contributed by atoms with Crippen LogP contribution in [0.2, 0.25) is 0 Å². The number of rotatable bonds is 1. The molecule has 0 unspecified atom stereocenters. The van der Waals surface area contributed by atoms with Crippen LogP contribution in [0.5, 0.6) is 0 Å². The molecule has 1 aromatic heterocycles. The molecule has 0 bridgehead atoms. The van der Waals surface area contributed by atoms with Crippen molar-refractivity contribution in [1.82, 2.24) is 0 Å². The second kappa shape index (κ2) is 3.14. The predicted octanol–water partition coefficient (Wildman–Crippen LogP) is 2.05. The summed E-state index contributed by atoms with van der Waals surface area (Å²) in [6, 6.07) is 9.02. The highest BCUT2D eigenvalue weighted by Crippen LogP contribution is 2.14. The minimum Gasteiger partial charge on any atom is -0.421 e. The van der Waals surface area contributed by atoms with Crippen molar-refractivity contribution < 1.29 is 4.42 Å². The Kier molecular flexibility index (Phi) is 1.98. The van der Waals surface area contributed by atoms with Gasteiger partial charge in [-0.1, -0.05) is 31.0 Å². The van der Waals surface area contributed by atoms with Crippen molar-refractivity contribution in [2.75, 3.05) is 4.72 Å². The van der Waals surface area contributed by atoms with Crippen LogP contribution in [0.4, 0.5) is 5.69 Å². The van der Waals surface area contributed by atoms with Crippen molar-refractivity contribution in [2.24, 2.45) is 0 Å². The molecule has 0 amide bonds. The van der Waals surface area contributed by atoms with Gasteiger partial charge in [-0.05, 0) is 12.1 Å². The molecule has 4 heteroatoms. The molecule has 0 aliphatic rings. The van der Waals surface area contributed by atoms with E-state index in [1.54, 1.807) is 12.1 Å². The van der Waals surface area contributed by atoms with E-state index < -0.39 is 5.63 Å². The summed E-state index contributed by atoms with van der Waals surface area (Å²) in [6.45, 7) is 0. The maximum Gasteiger partial charge on any atom is 0.360 e. The van der Waals surface area contributed by atoms with Crippen LogP contribution in [0, 0.1) is 0 Å². The van der Waals surface area contributed by atoms with Gasteiger partial charge in [-0.15, -0.1) is 0 Å². The lowest BCUT2D eigenvalue weighted by molar-refractivity contribution is 0.564. The lowest BCUT2D eigenvalue weighted by Gasteiger charge is -1.98. The molecule has 0 aliphatic heterocycles. The van der Waals surface area contributed by atoms with E-state index in [2.05, 4.69) is 17.5 Å². The molecule has 0 spiro atoms. The van der Waals surface area contributed by atoms with Crippen molar-refractivity contribution in [2.45, 2.75) is 0 Å². The molecule has 1 aromatic carbocycles. The zero-order chi connectivity index (χ0) is 9.26. The highest BCUT2D eigenvalue weighted by molar-refractivity contribution is 7.81. The SMILES string of the molecule is O=c1oc2ccccc2cc1NS. The van der Waals surface area contributed by atoms with Gasteiger partial charge in [0.2, 0.25) is 0 Å². The van der Waals surface area contributed by atoms with Gasteiger partial charge in [0, 0.05) is 5.39 Å². The number of hydrogen-bond acceptors (Lipinski definition) is 4. The fourth-order valence-electron chi connectivity index (χ4n) is 1.14. The van der Waals surface area contributed by atoms with E-state index in [0.29, 0.717) is 11.3 Å². The molecule has 0 saturated carbocycles. The maximum atomic E-state index is 11.2. The van der Waals surface area contributed by atoms with Crippen LogP contribution in [0.3, 0.4) is 0 Å². The van der Waals surface area contributed by atoms with E-state index in [1.807, 2.05) is 18.2 Å². The molecule has 0 fully saturated rings. The van der Waals surface area contributed by atoms with Gasteiger partial charge in [0.15, 0.2) is 0 Å². The Hall–Kier alpha value is -1.42. The number of fused-ring (bicyclic) bond motifs is 1. The summed E-state index contributed by atoms with van der Waals surface area (Å²) in [5, 5.41) is 0.874. The molecular weight excluding hydrogens is 186 g/mol. The average Bonchev–Trinajstić information content (AvgIpc) is 2.17. The Morgan fingerprint density at radius 2 is 2.08 bits per heavy atom. The van der Waals surface area contributed by atoms with Crippen LogP contribution in [0.25, 0.3) is 11.0 Å². The van der Waals surface area contributed by atoms with Crippen LogP contribution in [-0.4, -0.2) is 0 Å². The summed E-state index contributed by atoms with van der Waals surface area (Å²) in [5.74, 6) is 0. The van der Waals surface area contributed by atoms with Crippen molar-refractivity contribution in [3.8, 4) is 0 Å². The van der Waals surface area contributed by atoms with E-state index in [1.165, 1.54) is 0 Å². The first-order valence-corrected chi connectivity index (χ1v) is 4.19. The third-order valence-electron chi connectivity index (χ3n) is 1.76. The predicted molar refractivity (Wildman–Crippen MR) is 55.1 cm³/mol. The minimum atomic E-state index is -0.409. The molecular formula is C9H7NO2S. The number of anilines is 1. The van der Waals surface area contributed by atoms with Gasteiger partial charge < -0.3 is 9.14 Å². The molecule has 3 nitrogen and oxygen atoms in total. The first-order valence-electron chi connectivity index (χ1n) is 3.74. The number of thiol groups is 1. The summed E-state index contributed by atoms with van der Waals surface area (Å²) in [5.41, 5.74) is 0.524. The lowest BCUT2D eigenvalue weighted by Crippen LogP contribution is -2.02. The monoisotopic (exact) mass is 193 g/mol. The van der Waals surface area contributed by atoms with Crippen LogP contribution < -0.4 is 10.3 Å². The third kappa shape index (κ3) is 1.40. The molecule has 0 atom stereocenters. The number of nitrogens with one attached hydrogen (secondary N) is 1. The van der Waals surface area contributed by atoms with Crippen molar-refractivity contribution in [1.29, 1.82) is 0 Å². The van der Waals surface area contributed by atoms with Crippen LogP contribution in [0.1, 0.15) is 0 Å². The van der Waals surface area contributed by atoms with Crippen LogP contribution in [0.15, 0.2) is 39.5 Å². The quantitative estimate of drug-likeness (QED) is 0.538. The highest BCUT2D eigenvalue weighted by Gasteiger charge is 2.01. The summed E-state index contributed by atoms with van der Waals surface area (Å²) in [7, 11) is 0. The van der Waals surface area contributed by atoms with Crippen LogP contribution >= 0.6 is 12.8 Å². The van der Waals surface area contributed by atoms with Gasteiger partial charge in [0.25, 0.3) is 0 Å². The lowest BCUT2D eigenvalue weighted by atomic mass is 10.2. The minimum absolute atomic E-state index is 0.349. The zero-order valence-corrected chi connectivity index (χ0v) is 7.54. The number of benzene rings is 1. The van der Waals surface area contributed by atoms with Crippen molar-refractivity contribution in [3.05, 3.63) is 40.8 Å². The Balaban J connectivity index is 2.81. The van der Waals surface area contributed by atoms with E-state index in [-0.39, 0.29) is 0 Å². The molecule has 0 radical (unpaired) electrons. The maximum absolute atomic E-state index is 11.2. The number of para-hydroxylation sites is 1. The topological polar surface area (TPSA) is 42.2 Å². The molecule has 1 heterocycles. The van der Waals surface area contributed by atoms with Gasteiger partial charge in [-0.3, -0.25) is 0 Å². The molecule has 66 valence electrons. The Bertz CT molecular complexity index is 492. The van der Waals surface area contributed by atoms with Gasteiger partial charge in [-0.25, -0.2) is 4.79 Å². The molecule has 1 N–H and O–H groups in total. The normalized spacial score (nSPS) is 10.2. The molecule has 2 aromatic rings. The first-order chi connectivity index (χ1) is 6.31. The van der Waals surface area contributed by atoms with E-state index in [9.17, 15) is 4.79 Å². The summed E-state index contributed by atoms with van der Waals surface area (Å²) < 4.78 is 7.49. The fourth-order valence-corrected chi connectivity index (χ4v) is 1.30. The summed E-state index contributed by atoms with van der Waals surface area (Å²) >= 11 is 3.80. The summed E-state index contributed by atoms with van der Waals surface area (Å²) in [6.07, 6.45) is 0. The van der Waals surface area contributed by atoms with Gasteiger partial charge in [0.1, 0.15) is 11.3 Å². The van der Waals surface area contributed by atoms with E-state index in [0.717, 1.165) is 5.39 Å². The first kappa shape index (κ1) is 8.19. The second-order valence-corrected chi connectivity index (χ2v) is 2.82. The summed E-state index contributed by atoms with van der Waals surface area (Å²) in [4.78, 5) is 11.2. The van der Waals surface area contributed by atoms with Gasteiger partial charge >= 0.3 is 5.63 Å². The Labute approximate surface area is 79.9 Å². The second-order valence-electron chi connectivity index (χ2n) is 2.60. The fraction of sp³-hybridized carbons (Fsp3) is 0. The van der Waals surface area contributed by atoms with Crippen molar-refractivity contribution in [3.63, 3.8) is 0 Å². The number of hydrogen-bond donors (Lipinski definition) is 2. The third-order valence-corrected chi connectivity index (χ3v) is 2.00. The van der Waals surface area contributed by atoms with Gasteiger partial charge in [0.05, 0.1) is 0 Å². The molecule has 0 saturated heterocycles.